The van der Waals surface area contributed by atoms with E-state index >= 15 is 0 Å². The predicted octanol–water partition coefficient (Wildman–Crippen LogP) is 1.30. The normalized spacial score (nSPS) is 21.2. The Bertz CT molecular complexity index is 746. The van der Waals surface area contributed by atoms with Crippen LogP contribution in [-0.4, -0.2) is 50.3 Å². The van der Waals surface area contributed by atoms with E-state index in [-0.39, 0.29) is 11.4 Å². The number of esters is 1. The van der Waals surface area contributed by atoms with Crippen LogP contribution in [0.15, 0.2) is 35.2 Å². The summed E-state index contributed by atoms with van der Waals surface area (Å²) in [5.74, 6) is -0.481. The van der Waals surface area contributed by atoms with Crippen LogP contribution in [0.1, 0.15) is 32.1 Å². The molecule has 7 nitrogen and oxygen atoms in total. The van der Waals surface area contributed by atoms with Crippen molar-refractivity contribution >= 4 is 21.9 Å². The number of hydrogen-bond donors (Lipinski definition) is 1. The van der Waals surface area contributed by atoms with Gasteiger partial charge in [0.05, 0.1) is 11.5 Å². The van der Waals surface area contributed by atoms with Gasteiger partial charge in [-0.25, -0.2) is 8.42 Å². The second-order valence-corrected chi connectivity index (χ2v) is 8.68. The summed E-state index contributed by atoms with van der Waals surface area (Å²) < 4.78 is 32.1. The van der Waals surface area contributed by atoms with Crippen LogP contribution in [0.5, 0.6) is 0 Å². The summed E-state index contributed by atoms with van der Waals surface area (Å²) in [7, 11) is -3.75. The van der Waals surface area contributed by atoms with Gasteiger partial charge in [-0.15, -0.1) is 0 Å². The molecule has 1 heterocycles. The molecule has 0 aromatic heterocycles. The summed E-state index contributed by atoms with van der Waals surface area (Å²) >= 11 is 0. The van der Waals surface area contributed by atoms with E-state index in [1.54, 1.807) is 18.2 Å². The van der Waals surface area contributed by atoms with Gasteiger partial charge in [0.1, 0.15) is 12.6 Å². The highest BCUT2D eigenvalue weighted by atomic mass is 32.2. The number of hydrogen-bond acceptors (Lipinski definition) is 5. The summed E-state index contributed by atoms with van der Waals surface area (Å²) in [4.78, 5) is 24.4. The van der Waals surface area contributed by atoms with Gasteiger partial charge in [0.25, 0.3) is 0 Å². The molecule has 26 heavy (non-hydrogen) atoms. The topological polar surface area (TPSA) is 92.8 Å². The Morgan fingerprint density at radius 3 is 2.54 bits per heavy atom. The molecule has 1 atom stereocenters. The van der Waals surface area contributed by atoms with Crippen molar-refractivity contribution < 1.29 is 22.7 Å². The smallest absolute Gasteiger partial charge is 0.325 e. The van der Waals surface area contributed by atoms with Crippen molar-refractivity contribution in [2.24, 2.45) is 5.92 Å². The first-order valence-electron chi connectivity index (χ1n) is 8.98. The number of ether oxygens (including phenoxy) is 1. The Balaban J connectivity index is 1.62. The molecular formula is C18H24N2O5S. The molecule has 1 saturated heterocycles. The zero-order valence-corrected chi connectivity index (χ0v) is 15.4. The van der Waals surface area contributed by atoms with Gasteiger partial charge in [-0.1, -0.05) is 24.6 Å². The van der Waals surface area contributed by atoms with Gasteiger partial charge in [0.15, 0.2) is 0 Å². The van der Waals surface area contributed by atoms with E-state index < -0.39 is 27.9 Å². The van der Waals surface area contributed by atoms with Crippen molar-refractivity contribution in [1.29, 1.82) is 0 Å². The third kappa shape index (κ3) is 4.62. The number of benzene rings is 1. The number of carbonyl (C=O) groups is 2. The summed E-state index contributed by atoms with van der Waals surface area (Å²) in [6.45, 7) is 0.454. The lowest BCUT2D eigenvalue weighted by Crippen LogP contribution is -2.52. The highest BCUT2D eigenvalue weighted by Crippen LogP contribution is 2.28. The monoisotopic (exact) mass is 380 g/mol. The van der Waals surface area contributed by atoms with E-state index in [1.807, 2.05) is 0 Å². The summed E-state index contributed by atoms with van der Waals surface area (Å²) in [6.07, 6.45) is 4.07. The molecule has 1 aromatic carbocycles. The molecule has 1 aliphatic carbocycles. The summed E-state index contributed by atoms with van der Waals surface area (Å²) in [5.41, 5.74) is 0. The second-order valence-electron chi connectivity index (χ2n) is 6.78. The van der Waals surface area contributed by atoms with Crippen LogP contribution < -0.4 is 5.32 Å². The zero-order chi connectivity index (χ0) is 18.6. The molecule has 0 spiro atoms. The van der Waals surface area contributed by atoms with Crippen molar-refractivity contribution in [3.8, 4) is 0 Å². The first kappa shape index (κ1) is 18.8. The fraction of sp³-hybridized carbons (Fsp3) is 0.556. The Hall–Kier alpha value is -1.93. The molecule has 3 rings (SSSR count). The molecule has 1 aromatic rings. The Morgan fingerprint density at radius 1 is 1.12 bits per heavy atom. The highest BCUT2D eigenvalue weighted by Gasteiger charge is 2.37. The number of carbonyl (C=O) groups excluding carboxylic acids is 2. The van der Waals surface area contributed by atoms with E-state index in [1.165, 1.54) is 16.4 Å². The molecule has 1 aliphatic heterocycles. The van der Waals surface area contributed by atoms with Crippen LogP contribution in [-0.2, 0) is 24.3 Å². The first-order valence-corrected chi connectivity index (χ1v) is 10.4. The van der Waals surface area contributed by atoms with Crippen LogP contribution in [0.25, 0.3) is 0 Å². The average Bonchev–Trinajstić information content (AvgIpc) is 3.49. The first-order chi connectivity index (χ1) is 12.5. The Labute approximate surface area is 153 Å². The number of sulfonamides is 1. The molecule has 1 amide bonds. The molecule has 1 unspecified atom stereocenters. The maximum atomic E-state index is 12.9. The van der Waals surface area contributed by atoms with E-state index in [0.29, 0.717) is 31.9 Å². The number of rotatable bonds is 7. The van der Waals surface area contributed by atoms with Crippen LogP contribution in [0.3, 0.4) is 0 Å². The van der Waals surface area contributed by atoms with Gasteiger partial charge >= 0.3 is 5.97 Å². The minimum absolute atomic E-state index is 0.170. The molecule has 0 bridgehead atoms. The molecule has 2 fully saturated rings. The van der Waals surface area contributed by atoms with Gasteiger partial charge in [-0.05, 0) is 43.7 Å². The van der Waals surface area contributed by atoms with E-state index in [0.717, 1.165) is 19.3 Å². The molecule has 142 valence electrons. The lowest BCUT2D eigenvalue weighted by molar-refractivity contribution is -0.144. The number of amides is 1. The van der Waals surface area contributed by atoms with Gasteiger partial charge in [0.2, 0.25) is 15.9 Å². The van der Waals surface area contributed by atoms with Gasteiger partial charge in [-0.3, -0.25) is 9.59 Å². The molecule has 0 radical (unpaired) electrons. The van der Waals surface area contributed by atoms with Gasteiger partial charge < -0.3 is 10.1 Å². The predicted molar refractivity (Wildman–Crippen MR) is 94.7 cm³/mol. The van der Waals surface area contributed by atoms with Crippen LogP contribution in [0, 0.1) is 5.92 Å². The zero-order valence-electron chi connectivity index (χ0n) is 14.6. The minimum Gasteiger partial charge on any atom is -0.464 e. The minimum atomic E-state index is -3.75. The standard InChI is InChI=1S/C18H24N2O5S/c21-17(25-13-14-9-10-14)12-19-18(22)16-8-4-5-11-20(16)26(23,24)15-6-2-1-3-7-15/h1-3,6-7,14,16H,4-5,8-13H2,(H,19,22). The summed E-state index contributed by atoms with van der Waals surface area (Å²) in [5, 5.41) is 2.53. The van der Waals surface area contributed by atoms with Crippen molar-refractivity contribution in [3.05, 3.63) is 30.3 Å². The number of piperidine rings is 1. The molecule has 8 heteroatoms. The summed E-state index contributed by atoms with van der Waals surface area (Å²) in [6, 6.07) is 7.30. The second kappa shape index (κ2) is 8.18. The maximum Gasteiger partial charge on any atom is 0.325 e. The van der Waals surface area contributed by atoms with E-state index in [2.05, 4.69) is 5.32 Å². The lowest BCUT2D eigenvalue weighted by Gasteiger charge is -2.33. The highest BCUT2D eigenvalue weighted by molar-refractivity contribution is 7.89. The third-order valence-corrected chi connectivity index (χ3v) is 6.61. The lowest BCUT2D eigenvalue weighted by atomic mass is 10.0. The molecular weight excluding hydrogens is 356 g/mol. The van der Waals surface area contributed by atoms with E-state index in [9.17, 15) is 18.0 Å². The van der Waals surface area contributed by atoms with Crippen LogP contribution in [0.2, 0.25) is 0 Å². The quantitative estimate of drug-likeness (QED) is 0.720. The molecule has 1 saturated carbocycles. The fourth-order valence-corrected chi connectivity index (χ4v) is 4.68. The Morgan fingerprint density at radius 2 is 1.85 bits per heavy atom. The van der Waals surface area contributed by atoms with Gasteiger partial charge in [0, 0.05) is 6.54 Å². The average molecular weight is 380 g/mol. The van der Waals surface area contributed by atoms with E-state index in [4.69, 9.17) is 4.74 Å². The van der Waals surface area contributed by atoms with Crippen molar-refractivity contribution in [1.82, 2.24) is 9.62 Å². The van der Waals surface area contributed by atoms with Crippen LogP contribution in [0.4, 0.5) is 0 Å². The van der Waals surface area contributed by atoms with Gasteiger partial charge in [-0.2, -0.15) is 4.31 Å². The SMILES string of the molecule is O=C(CNC(=O)C1CCCCN1S(=O)(=O)c1ccccc1)OCC1CC1. The van der Waals surface area contributed by atoms with Crippen LogP contribution >= 0.6 is 0 Å². The molecule has 2 aliphatic rings. The van der Waals surface area contributed by atoms with Crippen molar-refractivity contribution in [3.63, 3.8) is 0 Å². The maximum absolute atomic E-state index is 12.9. The number of nitrogens with zero attached hydrogens (tertiary/aromatic N) is 1. The fourth-order valence-electron chi connectivity index (χ4n) is 3.01. The third-order valence-electron chi connectivity index (χ3n) is 4.69. The van der Waals surface area contributed by atoms with Crippen molar-refractivity contribution in [2.45, 2.75) is 43.0 Å². The Kier molecular flexibility index (Phi) is 5.93. The van der Waals surface area contributed by atoms with Crippen molar-refractivity contribution in [2.75, 3.05) is 19.7 Å². The largest absolute Gasteiger partial charge is 0.464 e. The molecule has 1 N–H and O–H groups in total. The number of nitrogens with one attached hydrogen (secondary N) is 1.